The van der Waals surface area contributed by atoms with Crippen LogP contribution < -0.4 is 5.32 Å². The first kappa shape index (κ1) is 24.8. The molecule has 0 aromatic heterocycles. The van der Waals surface area contributed by atoms with Crippen LogP contribution >= 0.6 is 0 Å². The van der Waals surface area contributed by atoms with Gasteiger partial charge in [0.1, 0.15) is 12.0 Å². The van der Waals surface area contributed by atoms with Crippen molar-refractivity contribution in [3.63, 3.8) is 0 Å². The number of carbonyl (C=O) groups is 4. The molecule has 0 saturated heterocycles. The molecule has 1 amide bonds. The molecule has 0 aliphatic carbocycles. The lowest BCUT2D eigenvalue weighted by molar-refractivity contribution is -0.143. The summed E-state index contributed by atoms with van der Waals surface area (Å²) in [7, 11) is 0. The maximum Gasteiger partial charge on any atom is 0.339 e. The number of ketones is 2. The number of para-hydroxylation sites is 1. The number of anilines is 1. The summed E-state index contributed by atoms with van der Waals surface area (Å²) in [5.41, 5.74) is 3.66. The number of allylic oxidation sites excluding steroid dienone is 1. The Hall–Kier alpha value is -4.32. The van der Waals surface area contributed by atoms with Gasteiger partial charge in [-0.25, -0.2) is 4.79 Å². The number of Topliss-reactive ketones (excluding diaryl/α,β-unsaturated/α-hetero) is 1. The minimum absolute atomic E-state index is 0.101. The van der Waals surface area contributed by atoms with E-state index >= 15 is 0 Å². The highest BCUT2D eigenvalue weighted by Gasteiger charge is 2.45. The van der Waals surface area contributed by atoms with Crippen LogP contribution in [0.4, 0.5) is 5.69 Å². The van der Waals surface area contributed by atoms with Gasteiger partial charge in [0, 0.05) is 11.3 Å². The van der Waals surface area contributed by atoms with Crippen molar-refractivity contribution in [1.82, 2.24) is 0 Å². The Morgan fingerprint density at radius 1 is 0.917 bits per heavy atom. The molecule has 2 unspecified atom stereocenters. The lowest BCUT2D eigenvalue weighted by Crippen LogP contribution is -2.37. The molecule has 1 aliphatic rings. The van der Waals surface area contributed by atoms with Gasteiger partial charge in [-0.3, -0.25) is 14.4 Å². The fourth-order valence-electron chi connectivity index (χ4n) is 4.34. The zero-order valence-electron chi connectivity index (χ0n) is 20.4. The monoisotopic (exact) mass is 481 g/mol. The molecule has 36 heavy (non-hydrogen) atoms. The number of cyclic esters (lactones) is 1. The summed E-state index contributed by atoms with van der Waals surface area (Å²) >= 11 is 0. The molecular weight excluding hydrogens is 454 g/mol. The molecule has 182 valence electrons. The Labute approximate surface area is 210 Å². The van der Waals surface area contributed by atoms with Gasteiger partial charge in [0.25, 0.3) is 5.91 Å². The maximum atomic E-state index is 13.5. The fourth-order valence-corrected chi connectivity index (χ4v) is 4.34. The minimum Gasteiger partial charge on any atom is -0.453 e. The summed E-state index contributed by atoms with van der Waals surface area (Å²) < 4.78 is 5.48. The van der Waals surface area contributed by atoms with Gasteiger partial charge in [0.15, 0.2) is 5.78 Å². The van der Waals surface area contributed by atoms with Crippen molar-refractivity contribution < 1.29 is 23.9 Å². The van der Waals surface area contributed by atoms with Crippen molar-refractivity contribution >= 4 is 35.2 Å². The summed E-state index contributed by atoms with van der Waals surface area (Å²) in [5, 5.41) is 2.72. The van der Waals surface area contributed by atoms with E-state index in [1.165, 1.54) is 6.08 Å². The quantitative estimate of drug-likeness (QED) is 0.200. The van der Waals surface area contributed by atoms with Gasteiger partial charge in [-0.2, -0.15) is 0 Å². The van der Waals surface area contributed by atoms with Crippen LogP contribution in [0.1, 0.15) is 58.5 Å². The zero-order valence-corrected chi connectivity index (χ0v) is 20.4. The number of nitrogens with one attached hydrogen (secondary N) is 1. The summed E-state index contributed by atoms with van der Waals surface area (Å²) in [4.78, 5) is 52.6. The van der Waals surface area contributed by atoms with Crippen LogP contribution in [0.2, 0.25) is 0 Å². The van der Waals surface area contributed by atoms with Crippen LogP contribution in [0.5, 0.6) is 0 Å². The van der Waals surface area contributed by atoms with Crippen LogP contribution in [0.25, 0.3) is 6.08 Å². The second-order valence-corrected chi connectivity index (χ2v) is 9.05. The smallest absolute Gasteiger partial charge is 0.339 e. The van der Waals surface area contributed by atoms with Crippen molar-refractivity contribution in [3.05, 3.63) is 107 Å². The minimum atomic E-state index is -1.52. The number of amides is 1. The first-order chi connectivity index (χ1) is 17.3. The number of hydrogen-bond donors (Lipinski definition) is 1. The van der Waals surface area contributed by atoms with Gasteiger partial charge in [-0.15, -0.1) is 0 Å². The summed E-state index contributed by atoms with van der Waals surface area (Å²) in [6.07, 6.45) is 1.63. The molecule has 6 heteroatoms. The lowest BCUT2D eigenvalue weighted by Gasteiger charge is -2.21. The van der Waals surface area contributed by atoms with Gasteiger partial charge in [-0.1, -0.05) is 86.7 Å². The third-order valence-corrected chi connectivity index (χ3v) is 6.24. The summed E-state index contributed by atoms with van der Waals surface area (Å²) in [6.45, 7) is 5.82. The third kappa shape index (κ3) is 5.03. The van der Waals surface area contributed by atoms with Gasteiger partial charge < -0.3 is 10.1 Å². The van der Waals surface area contributed by atoms with Crippen molar-refractivity contribution in [3.8, 4) is 0 Å². The lowest BCUT2D eigenvalue weighted by atomic mass is 9.86. The molecule has 0 fully saturated rings. The molecule has 0 saturated carbocycles. The second-order valence-electron chi connectivity index (χ2n) is 9.05. The van der Waals surface area contributed by atoms with Crippen LogP contribution in [-0.2, 0) is 19.1 Å². The Morgan fingerprint density at radius 2 is 1.61 bits per heavy atom. The molecule has 0 radical (unpaired) electrons. The highest BCUT2D eigenvalue weighted by Crippen LogP contribution is 2.37. The molecule has 3 aromatic rings. The van der Waals surface area contributed by atoms with Crippen LogP contribution in [0.3, 0.4) is 0 Å². The number of esters is 1. The van der Waals surface area contributed by atoms with E-state index < -0.39 is 35.5 Å². The molecule has 1 aliphatic heterocycles. The van der Waals surface area contributed by atoms with Crippen molar-refractivity contribution in [1.29, 1.82) is 0 Å². The summed E-state index contributed by atoms with van der Waals surface area (Å²) in [5.74, 6) is -4.58. The largest absolute Gasteiger partial charge is 0.453 e. The molecule has 0 bridgehead atoms. The first-order valence-electron chi connectivity index (χ1n) is 11.8. The first-order valence-corrected chi connectivity index (χ1v) is 11.8. The predicted molar refractivity (Wildman–Crippen MR) is 137 cm³/mol. The number of aryl methyl sites for hydroxylation is 1. The summed E-state index contributed by atoms with van der Waals surface area (Å²) in [6, 6.07) is 21.3. The average Bonchev–Trinajstić information content (AvgIpc) is 3.20. The predicted octanol–water partition coefficient (Wildman–Crippen LogP) is 5.44. The van der Waals surface area contributed by atoms with Gasteiger partial charge in [-0.05, 0) is 41.7 Å². The number of benzene rings is 3. The number of ether oxygens (including phenoxy) is 1. The van der Waals surface area contributed by atoms with Crippen molar-refractivity contribution in [2.24, 2.45) is 5.92 Å². The van der Waals surface area contributed by atoms with Gasteiger partial charge >= 0.3 is 5.97 Å². The van der Waals surface area contributed by atoms with Crippen molar-refractivity contribution in [2.45, 2.75) is 32.8 Å². The van der Waals surface area contributed by atoms with Crippen LogP contribution in [0.15, 0.2) is 78.9 Å². The van der Waals surface area contributed by atoms with E-state index in [1.807, 2.05) is 69.3 Å². The van der Waals surface area contributed by atoms with Gasteiger partial charge in [0.2, 0.25) is 5.78 Å². The zero-order chi connectivity index (χ0) is 25.8. The molecule has 6 nitrogen and oxygen atoms in total. The Bertz CT molecular complexity index is 1360. The molecule has 1 N–H and O–H groups in total. The molecule has 4 rings (SSSR count). The fraction of sp³-hybridized carbons (Fsp3) is 0.200. The van der Waals surface area contributed by atoms with E-state index in [0.717, 1.165) is 16.7 Å². The maximum absolute atomic E-state index is 13.5. The van der Waals surface area contributed by atoms with E-state index in [4.69, 9.17) is 4.74 Å². The highest BCUT2D eigenvalue weighted by atomic mass is 16.5. The van der Waals surface area contributed by atoms with E-state index in [-0.39, 0.29) is 11.5 Å². The SMILES string of the molecule is Cc1cccc(C(C)C)c1NC(=O)C(=O)C(C(=O)/C=C/c1ccccc1)C1OC(=O)c2ccccc21. The third-order valence-electron chi connectivity index (χ3n) is 6.24. The molecule has 0 spiro atoms. The Morgan fingerprint density at radius 3 is 2.33 bits per heavy atom. The van der Waals surface area contributed by atoms with E-state index in [0.29, 0.717) is 11.3 Å². The molecule has 1 heterocycles. The number of hydrogen-bond acceptors (Lipinski definition) is 5. The molecule has 3 aromatic carbocycles. The Balaban J connectivity index is 1.69. The average molecular weight is 482 g/mol. The van der Waals surface area contributed by atoms with Gasteiger partial charge in [0.05, 0.1) is 5.56 Å². The van der Waals surface area contributed by atoms with Crippen molar-refractivity contribution in [2.75, 3.05) is 5.32 Å². The normalized spacial score (nSPS) is 15.4. The second kappa shape index (κ2) is 10.5. The Kier molecular flexibility index (Phi) is 7.25. The number of rotatable bonds is 8. The van der Waals surface area contributed by atoms with E-state index in [1.54, 1.807) is 30.3 Å². The van der Waals surface area contributed by atoms with E-state index in [9.17, 15) is 19.2 Å². The molecular formula is C30H27NO5. The van der Waals surface area contributed by atoms with E-state index in [2.05, 4.69) is 5.32 Å². The number of fused-ring (bicyclic) bond motifs is 1. The van der Waals surface area contributed by atoms with Crippen LogP contribution in [-0.4, -0.2) is 23.4 Å². The highest BCUT2D eigenvalue weighted by molar-refractivity contribution is 6.45. The topological polar surface area (TPSA) is 89.5 Å². The standard InChI is InChI=1S/C30H27NO5/c1-18(2)21-15-9-10-19(3)26(21)31-29(34)27(33)25(24(32)17-16-20-11-5-4-6-12-20)28-22-13-7-8-14-23(22)30(35)36-28/h4-18,25,28H,1-3H3,(H,31,34)/b17-16+. The number of carbonyl (C=O) groups excluding carboxylic acids is 4. The molecule has 2 atom stereocenters. The van der Waals surface area contributed by atoms with Crippen LogP contribution in [0, 0.1) is 12.8 Å².